The summed E-state index contributed by atoms with van der Waals surface area (Å²) < 4.78 is 19.8. The molecule has 0 aliphatic carbocycles. The predicted octanol–water partition coefficient (Wildman–Crippen LogP) is 2.65. The maximum Gasteiger partial charge on any atom is 0.155 e. The molecule has 0 aliphatic rings. The average molecular weight is 219 g/mol. The molecule has 0 fully saturated rings. The Morgan fingerprint density at radius 2 is 1.88 bits per heavy atom. The minimum Gasteiger partial charge on any atom is -0.469 e. The van der Waals surface area contributed by atoms with Gasteiger partial charge in [-0.05, 0) is 17.7 Å². The van der Waals surface area contributed by atoms with Crippen LogP contribution in [0.15, 0.2) is 53.1 Å². The van der Waals surface area contributed by atoms with Gasteiger partial charge in [0.2, 0.25) is 0 Å². The Hall–Kier alpha value is -1.61. The summed E-state index contributed by atoms with van der Waals surface area (Å²) in [5, 5.41) is 0. The van der Waals surface area contributed by atoms with E-state index in [1.165, 1.54) is 6.26 Å². The summed E-state index contributed by atoms with van der Waals surface area (Å²) in [6.07, 6.45) is 1.71. The molecule has 0 amide bonds. The minimum absolute atomic E-state index is 0.0578. The SMILES string of the molecule is NCC(F)(Cc1ccco1)c1ccccc1. The summed E-state index contributed by atoms with van der Waals surface area (Å²) >= 11 is 0. The smallest absolute Gasteiger partial charge is 0.155 e. The van der Waals surface area contributed by atoms with E-state index in [4.69, 9.17) is 10.2 Å². The Morgan fingerprint density at radius 3 is 2.44 bits per heavy atom. The number of halogens is 1. The minimum atomic E-state index is -1.56. The highest BCUT2D eigenvalue weighted by molar-refractivity contribution is 5.24. The van der Waals surface area contributed by atoms with E-state index < -0.39 is 5.67 Å². The van der Waals surface area contributed by atoms with Gasteiger partial charge in [0, 0.05) is 13.0 Å². The molecule has 3 heteroatoms. The number of hydrogen-bond acceptors (Lipinski definition) is 2. The van der Waals surface area contributed by atoms with Crippen molar-refractivity contribution in [2.75, 3.05) is 6.54 Å². The molecule has 0 bridgehead atoms. The average Bonchev–Trinajstić information content (AvgIpc) is 2.83. The van der Waals surface area contributed by atoms with Gasteiger partial charge in [-0.1, -0.05) is 30.3 Å². The zero-order chi connectivity index (χ0) is 11.4. The van der Waals surface area contributed by atoms with E-state index in [9.17, 15) is 4.39 Å². The van der Waals surface area contributed by atoms with E-state index >= 15 is 0 Å². The highest BCUT2D eigenvalue weighted by Crippen LogP contribution is 2.29. The molecule has 0 spiro atoms. The summed E-state index contributed by atoms with van der Waals surface area (Å²) in [7, 11) is 0. The van der Waals surface area contributed by atoms with Crippen LogP contribution in [0.5, 0.6) is 0 Å². The molecular formula is C13H14FNO. The Bertz CT molecular complexity index is 426. The fourth-order valence-corrected chi connectivity index (χ4v) is 1.72. The summed E-state index contributed by atoms with van der Waals surface area (Å²) in [6.45, 7) is -0.0578. The Labute approximate surface area is 93.9 Å². The van der Waals surface area contributed by atoms with Gasteiger partial charge in [0.25, 0.3) is 0 Å². The monoisotopic (exact) mass is 219 g/mol. The van der Waals surface area contributed by atoms with Gasteiger partial charge in [-0.15, -0.1) is 0 Å². The normalized spacial score (nSPS) is 14.6. The van der Waals surface area contributed by atoms with E-state index in [0.717, 1.165) is 0 Å². The van der Waals surface area contributed by atoms with Crippen LogP contribution < -0.4 is 5.73 Å². The Kier molecular flexibility index (Phi) is 3.06. The Morgan fingerprint density at radius 1 is 1.12 bits per heavy atom. The molecule has 1 aromatic heterocycles. The molecule has 1 heterocycles. The topological polar surface area (TPSA) is 39.2 Å². The lowest BCUT2D eigenvalue weighted by atomic mass is 9.91. The molecule has 1 atom stereocenters. The number of nitrogens with two attached hydrogens (primary N) is 1. The maximum absolute atomic E-state index is 14.6. The van der Waals surface area contributed by atoms with Crippen molar-refractivity contribution >= 4 is 0 Å². The first kappa shape index (κ1) is 10.9. The molecule has 84 valence electrons. The van der Waals surface area contributed by atoms with Gasteiger partial charge in [-0.3, -0.25) is 0 Å². The molecule has 1 unspecified atom stereocenters. The van der Waals surface area contributed by atoms with Gasteiger partial charge in [-0.2, -0.15) is 0 Å². The molecule has 0 radical (unpaired) electrons. The van der Waals surface area contributed by atoms with Crippen LogP contribution in [-0.2, 0) is 12.1 Å². The summed E-state index contributed by atoms with van der Waals surface area (Å²) in [6, 6.07) is 12.5. The summed E-state index contributed by atoms with van der Waals surface area (Å²) in [4.78, 5) is 0. The van der Waals surface area contributed by atoms with Crippen molar-refractivity contribution in [3.8, 4) is 0 Å². The molecule has 2 rings (SSSR count). The van der Waals surface area contributed by atoms with Crippen molar-refractivity contribution in [3.63, 3.8) is 0 Å². The molecule has 16 heavy (non-hydrogen) atoms. The van der Waals surface area contributed by atoms with Gasteiger partial charge in [0.1, 0.15) is 5.76 Å². The van der Waals surface area contributed by atoms with Crippen LogP contribution in [0, 0.1) is 0 Å². The third-order valence-corrected chi connectivity index (χ3v) is 2.65. The summed E-state index contributed by atoms with van der Waals surface area (Å²) in [5.41, 5.74) is 4.57. The second-order valence-electron chi connectivity index (χ2n) is 3.79. The zero-order valence-electron chi connectivity index (χ0n) is 8.90. The van der Waals surface area contributed by atoms with Crippen molar-refractivity contribution in [3.05, 3.63) is 60.1 Å². The molecular weight excluding hydrogens is 205 g/mol. The molecule has 0 saturated carbocycles. The number of furan rings is 1. The third-order valence-electron chi connectivity index (χ3n) is 2.65. The lowest BCUT2D eigenvalue weighted by Gasteiger charge is -2.23. The fourth-order valence-electron chi connectivity index (χ4n) is 1.72. The Balaban J connectivity index is 2.26. The van der Waals surface area contributed by atoms with Gasteiger partial charge in [-0.25, -0.2) is 4.39 Å². The van der Waals surface area contributed by atoms with Crippen molar-refractivity contribution in [1.29, 1.82) is 0 Å². The summed E-state index contributed by atoms with van der Waals surface area (Å²) in [5.74, 6) is 0.608. The van der Waals surface area contributed by atoms with Gasteiger partial charge in [0.05, 0.1) is 6.26 Å². The molecule has 2 nitrogen and oxygen atoms in total. The molecule has 2 aromatic rings. The lowest BCUT2D eigenvalue weighted by Crippen LogP contribution is -2.32. The fraction of sp³-hybridized carbons (Fsp3) is 0.231. The van der Waals surface area contributed by atoms with E-state index in [1.54, 1.807) is 24.3 Å². The zero-order valence-corrected chi connectivity index (χ0v) is 8.90. The van der Waals surface area contributed by atoms with Gasteiger partial charge >= 0.3 is 0 Å². The van der Waals surface area contributed by atoms with Crippen LogP contribution in [0.4, 0.5) is 4.39 Å². The third kappa shape index (κ3) is 2.14. The largest absolute Gasteiger partial charge is 0.469 e. The van der Waals surface area contributed by atoms with Crippen LogP contribution in [0.1, 0.15) is 11.3 Å². The van der Waals surface area contributed by atoms with E-state index in [0.29, 0.717) is 11.3 Å². The highest BCUT2D eigenvalue weighted by Gasteiger charge is 2.31. The first-order valence-electron chi connectivity index (χ1n) is 5.21. The van der Waals surface area contributed by atoms with Crippen molar-refractivity contribution in [2.45, 2.75) is 12.1 Å². The molecule has 0 aliphatic heterocycles. The van der Waals surface area contributed by atoms with Crippen LogP contribution in [0.25, 0.3) is 0 Å². The van der Waals surface area contributed by atoms with E-state index in [-0.39, 0.29) is 13.0 Å². The van der Waals surface area contributed by atoms with Crippen LogP contribution in [0.2, 0.25) is 0 Å². The van der Waals surface area contributed by atoms with Crippen molar-refractivity contribution < 1.29 is 8.81 Å². The van der Waals surface area contributed by atoms with E-state index in [2.05, 4.69) is 0 Å². The first-order valence-corrected chi connectivity index (χ1v) is 5.21. The molecule has 1 aromatic carbocycles. The van der Waals surface area contributed by atoms with Crippen molar-refractivity contribution in [1.82, 2.24) is 0 Å². The molecule has 0 saturated heterocycles. The molecule has 2 N–H and O–H groups in total. The maximum atomic E-state index is 14.6. The lowest BCUT2D eigenvalue weighted by molar-refractivity contribution is 0.165. The number of hydrogen-bond donors (Lipinski definition) is 1. The van der Waals surface area contributed by atoms with Crippen LogP contribution in [0.3, 0.4) is 0 Å². The number of rotatable bonds is 4. The standard InChI is InChI=1S/C13H14FNO/c14-13(10-15,9-12-7-4-8-16-12)11-5-2-1-3-6-11/h1-8H,9-10,15H2. The van der Waals surface area contributed by atoms with Gasteiger partial charge < -0.3 is 10.2 Å². The van der Waals surface area contributed by atoms with Crippen LogP contribution in [-0.4, -0.2) is 6.54 Å². The first-order chi connectivity index (χ1) is 7.74. The number of alkyl halides is 1. The number of benzene rings is 1. The second-order valence-corrected chi connectivity index (χ2v) is 3.79. The van der Waals surface area contributed by atoms with Crippen LogP contribution >= 0.6 is 0 Å². The highest BCUT2D eigenvalue weighted by atomic mass is 19.1. The quantitative estimate of drug-likeness (QED) is 0.858. The van der Waals surface area contributed by atoms with Crippen molar-refractivity contribution in [2.24, 2.45) is 5.73 Å². The second kappa shape index (κ2) is 4.49. The van der Waals surface area contributed by atoms with E-state index in [1.807, 2.05) is 18.2 Å². The predicted molar refractivity (Wildman–Crippen MR) is 60.7 cm³/mol. The van der Waals surface area contributed by atoms with Gasteiger partial charge in [0.15, 0.2) is 5.67 Å².